The maximum absolute atomic E-state index is 11.4. The Balaban J connectivity index is 1.66. The first kappa shape index (κ1) is 14.4. The van der Waals surface area contributed by atoms with E-state index in [1.807, 2.05) is 6.20 Å². The first-order valence-electron chi connectivity index (χ1n) is 7.06. The maximum Gasteiger partial charge on any atom is 0.220 e. The number of nitrogens with two attached hydrogens (primary N) is 1. The molecule has 0 aromatic heterocycles. The van der Waals surface area contributed by atoms with Crippen LogP contribution in [0.25, 0.3) is 0 Å². The molecule has 2 rings (SSSR count). The third kappa shape index (κ3) is 4.26. The number of allylic oxidation sites excluding steroid dienone is 3. The second-order valence-corrected chi connectivity index (χ2v) is 5.13. The molecule has 4 N–H and O–H groups in total. The van der Waals surface area contributed by atoms with Gasteiger partial charge in [0.25, 0.3) is 0 Å². The molecule has 0 aromatic rings. The summed E-state index contributed by atoms with van der Waals surface area (Å²) >= 11 is 0. The van der Waals surface area contributed by atoms with Crippen LogP contribution in [-0.2, 0) is 9.59 Å². The standard InChI is InChI=1S/C15H21N3O2/c16-14(19)6-7-15(20)17-9-8-11-4-5-13(18-10-11)12-2-1-3-12/h4-5,10,18H,1-3,6-9H2,(H2,16,19)(H,17,20). The molecule has 1 heterocycles. The largest absolute Gasteiger partial charge is 0.370 e. The Hall–Kier alpha value is -2.04. The van der Waals surface area contributed by atoms with Crippen LogP contribution < -0.4 is 16.4 Å². The molecule has 0 unspecified atom stereocenters. The number of rotatable bonds is 6. The van der Waals surface area contributed by atoms with Crippen LogP contribution in [0.5, 0.6) is 0 Å². The SMILES string of the molecule is NC(=O)CCC(=O)NCCC1=CNC(=C2CCC2)C=C1. The van der Waals surface area contributed by atoms with Crippen molar-refractivity contribution in [1.29, 1.82) is 0 Å². The molecular weight excluding hydrogens is 254 g/mol. The van der Waals surface area contributed by atoms with Gasteiger partial charge in [0.05, 0.1) is 0 Å². The van der Waals surface area contributed by atoms with E-state index in [4.69, 9.17) is 5.73 Å². The quantitative estimate of drug-likeness (QED) is 0.682. The number of carbonyl (C=O) groups excluding carboxylic acids is 2. The molecule has 108 valence electrons. The minimum Gasteiger partial charge on any atom is -0.370 e. The van der Waals surface area contributed by atoms with E-state index in [0.29, 0.717) is 6.54 Å². The van der Waals surface area contributed by atoms with Gasteiger partial charge in [0.15, 0.2) is 0 Å². The topological polar surface area (TPSA) is 84.2 Å². The van der Waals surface area contributed by atoms with Crippen LogP contribution in [0, 0.1) is 0 Å². The van der Waals surface area contributed by atoms with Crippen molar-refractivity contribution in [2.75, 3.05) is 6.54 Å². The van der Waals surface area contributed by atoms with Gasteiger partial charge in [0.2, 0.25) is 11.8 Å². The van der Waals surface area contributed by atoms with Gasteiger partial charge in [-0.3, -0.25) is 9.59 Å². The summed E-state index contributed by atoms with van der Waals surface area (Å²) in [4.78, 5) is 21.9. The van der Waals surface area contributed by atoms with Crippen molar-refractivity contribution in [3.8, 4) is 0 Å². The highest BCUT2D eigenvalue weighted by atomic mass is 16.2. The van der Waals surface area contributed by atoms with E-state index in [0.717, 1.165) is 12.0 Å². The second-order valence-electron chi connectivity index (χ2n) is 5.13. The number of hydrogen-bond donors (Lipinski definition) is 3. The lowest BCUT2D eigenvalue weighted by Gasteiger charge is -2.22. The molecular formula is C15H21N3O2. The van der Waals surface area contributed by atoms with Crippen LogP contribution in [0.15, 0.2) is 35.2 Å². The van der Waals surface area contributed by atoms with E-state index >= 15 is 0 Å². The summed E-state index contributed by atoms with van der Waals surface area (Å²) in [5, 5.41) is 6.09. The van der Waals surface area contributed by atoms with E-state index in [1.165, 1.54) is 30.5 Å². The van der Waals surface area contributed by atoms with E-state index in [-0.39, 0.29) is 18.7 Å². The van der Waals surface area contributed by atoms with Gasteiger partial charge in [-0.25, -0.2) is 0 Å². The molecule has 0 saturated heterocycles. The molecule has 1 fully saturated rings. The molecule has 1 saturated carbocycles. The molecule has 2 aliphatic rings. The third-order valence-corrected chi connectivity index (χ3v) is 3.55. The summed E-state index contributed by atoms with van der Waals surface area (Å²) < 4.78 is 0. The van der Waals surface area contributed by atoms with Crippen molar-refractivity contribution in [3.05, 3.63) is 35.2 Å². The Morgan fingerprint density at radius 2 is 2.05 bits per heavy atom. The minimum absolute atomic E-state index is 0.104. The van der Waals surface area contributed by atoms with Crippen LogP contribution in [-0.4, -0.2) is 18.4 Å². The van der Waals surface area contributed by atoms with Crippen LogP contribution >= 0.6 is 0 Å². The lowest BCUT2D eigenvalue weighted by atomic mass is 9.89. The van der Waals surface area contributed by atoms with Crippen molar-refractivity contribution in [1.82, 2.24) is 10.6 Å². The monoisotopic (exact) mass is 275 g/mol. The molecule has 0 bridgehead atoms. The van der Waals surface area contributed by atoms with Gasteiger partial charge in [0, 0.05) is 31.3 Å². The average Bonchev–Trinajstić information content (AvgIpc) is 2.36. The first-order valence-corrected chi connectivity index (χ1v) is 7.06. The van der Waals surface area contributed by atoms with Gasteiger partial charge < -0.3 is 16.4 Å². The number of dihydropyridines is 1. The highest BCUT2D eigenvalue weighted by molar-refractivity contribution is 5.82. The summed E-state index contributed by atoms with van der Waals surface area (Å²) in [5.74, 6) is -0.576. The van der Waals surface area contributed by atoms with Gasteiger partial charge in [0.1, 0.15) is 0 Å². The maximum atomic E-state index is 11.4. The molecule has 0 aromatic carbocycles. The molecule has 2 amide bonds. The van der Waals surface area contributed by atoms with E-state index in [2.05, 4.69) is 22.8 Å². The van der Waals surface area contributed by atoms with Crippen LogP contribution in [0.4, 0.5) is 0 Å². The van der Waals surface area contributed by atoms with Crippen molar-refractivity contribution in [3.63, 3.8) is 0 Å². The predicted molar refractivity (Wildman–Crippen MR) is 77.3 cm³/mol. The Bertz CT molecular complexity index is 483. The van der Waals surface area contributed by atoms with Crippen molar-refractivity contribution >= 4 is 11.8 Å². The molecule has 1 aliphatic heterocycles. The van der Waals surface area contributed by atoms with Crippen LogP contribution in [0.3, 0.4) is 0 Å². The number of nitrogens with one attached hydrogen (secondary N) is 2. The Morgan fingerprint density at radius 1 is 1.25 bits per heavy atom. The zero-order chi connectivity index (χ0) is 14.4. The molecule has 5 nitrogen and oxygen atoms in total. The zero-order valence-corrected chi connectivity index (χ0v) is 11.6. The summed E-state index contributed by atoms with van der Waals surface area (Å²) in [6, 6.07) is 0. The minimum atomic E-state index is -0.446. The van der Waals surface area contributed by atoms with Gasteiger partial charge in [-0.1, -0.05) is 6.08 Å². The van der Waals surface area contributed by atoms with Crippen molar-refractivity contribution < 1.29 is 9.59 Å². The second kappa shape index (κ2) is 6.93. The molecule has 1 aliphatic carbocycles. The fourth-order valence-corrected chi connectivity index (χ4v) is 2.13. The Labute approximate surface area is 119 Å². The van der Waals surface area contributed by atoms with Gasteiger partial charge >= 0.3 is 0 Å². The normalized spacial score (nSPS) is 17.1. The first-order chi connectivity index (χ1) is 9.65. The third-order valence-electron chi connectivity index (χ3n) is 3.55. The molecule has 0 radical (unpaired) electrons. The molecule has 0 spiro atoms. The van der Waals surface area contributed by atoms with Gasteiger partial charge in [-0.15, -0.1) is 0 Å². The summed E-state index contributed by atoms with van der Waals surface area (Å²) in [5.41, 5.74) is 8.87. The van der Waals surface area contributed by atoms with Crippen molar-refractivity contribution in [2.45, 2.75) is 38.5 Å². The van der Waals surface area contributed by atoms with E-state index in [9.17, 15) is 9.59 Å². The number of carbonyl (C=O) groups is 2. The lowest BCUT2D eigenvalue weighted by molar-refractivity contribution is -0.125. The molecule has 0 atom stereocenters. The fraction of sp³-hybridized carbons (Fsp3) is 0.467. The Kier molecular flexibility index (Phi) is 4.98. The van der Waals surface area contributed by atoms with Crippen molar-refractivity contribution in [2.24, 2.45) is 5.73 Å². The number of primary amides is 1. The number of amides is 2. The smallest absolute Gasteiger partial charge is 0.220 e. The highest BCUT2D eigenvalue weighted by Gasteiger charge is 2.14. The van der Waals surface area contributed by atoms with E-state index in [1.54, 1.807) is 0 Å². The van der Waals surface area contributed by atoms with Gasteiger partial charge in [-0.05, 0) is 42.9 Å². The molecule has 5 heteroatoms. The summed E-state index contributed by atoms with van der Waals surface area (Å²) in [7, 11) is 0. The lowest BCUT2D eigenvalue weighted by Crippen LogP contribution is -2.26. The Morgan fingerprint density at radius 3 is 2.60 bits per heavy atom. The predicted octanol–water partition coefficient (Wildman–Crippen LogP) is 1.24. The van der Waals surface area contributed by atoms with Crippen LogP contribution in [0.2, 0.25) is 0 Å². The van der Waals surface area contributed by atoms with E-state index < -0.39 is 5.91 Å². The zero-order valence-electron chi connectivity index (χ0n) is 11.6. The average molecular weight is 275 g/mol. The van der Waals surface area contributed by atoms with Gasteiger partial charge in [-0.2, -0.15) is 0 Å². The fourth-order valence-electron chi connectivity index (χ4n) is 2.13. The van der Waals surface area contributed by atoms with Crippen LogP contribution in [0.1, 0.15) is 38.5 Å². The summed E-state index contributed by atoms with van der Waals surface area (Å²) in [6.45, 7) is 0.571. The summed E-state index contributed by atoms with van der Waals surface area (Å²) in [6.07, 6.45) is 10.9. The highest BCUT2D eigenvalue weighted by Crippen LogP contribution is 2.29. The number of hydrogen-bond acceptors (Lipinski definition) is 3. The molecule has 20 heavy (non-hydrogen) atoms.